The molecule has 1 aromatic heterocycles. The third kappa shape index (κ3) is 5.02. The second-order valence-electron chi connectivity index (χ2n) is 9.48. The van der Waals surface area contributed by atoms with Crippen molar-refractivity contribution in [2.45, 2.75) is 44.6 Å². The summed E-state index contributed by atoms with van der Waals surface area (Å²) in [5.74, 6) is 0.144. The molecule has 0 spiro atoms. The van der Waals surface area contributed by atoms with Crippen molar-refractivity contribution in [3.63, 3.8) is 0 Å². The minimum Gasteiger partial charge on any atom is -0.444 e. The maximum Gasteiger partial charge on any atom is 0.410 e. The summed E-state index contributed by atoms with van der Waals surface area (Å²) in [6.07, 6.45) is 1.42. The minimum absolute atomic E-state index is 0.0485. The smallest absolute Gasteiger partial charge is 0.410 e. The molecule has 186 valence electrons. The van der Waals surface area contributed by atoms with Crippen molar-refractivity contribution in [1.82, 2.24) is 9.88 Å². The van der Waals surface area contributed by atoms with Crippen LogP contribution in [0.2, 0.25) is 0 Å². The van der Waals surface area contributed by atoms with Gasteiger partial charge in [-0.2, -0.15) is 0 Å². The van der Waals surface area contributed by atoms with Crippen molar-refractivity contribution in [3.8, 4) is 0 Å². The van der Waals surface area contributed by atoms with Crippen molar-refractivity contribution in [2.24, 2.45) is 0 Å². The lowest BCUT2D eigenvalue weighted by Gasteiger charge is -2.30. The standard InChI is InChI=1S/C25H30N4O5S/c1-5-29(19-9-7-6-8-10-19)35(32,33)20-11-12-22(26-15-20)28-16-18-13-14-27(17-21(18)23(28)30)24(31)34-25(2,3)4/h6-12,15H,5,13-14,16-17H2,1-4H3. The molecular weight excluding hydrogens is 468 g/mol. The van der Waals surface area contributed by atoms with Gasteiger partial charge >= 0.3 is 6.09 Å². The number of sulfonamides is 1. The summed E-state index contributed by atoms with van der Waals surface area (Å²) in [5.41, 5.74) is 1.49. The van der Waals surface area contributed by atoms with Crippen LogP contribution in [0.3, 0.4) is 0 Å². The Morgan fingerprint density at radius 2 is 1.83 bits per heavy atom. The topological polar surface area (TPSA) is 100 Å². The lowest BCUT2D eigenvalue weighted by atomic mass is 10.0. The zero-order valence-electron chi connectivity index (χ0n) is 20.4. The van der Waals surface area contributed by atoms with Gasteiger partial charge in [-0.3, -0.25) is 14.0 Å². The number of nitrogens with zero attached hydrogens (tertiary/aromatic N) is 4. The number of hydrogen-bond acceptors (Lipinski definition) is 6. The van der Waals surface area contributed by atoms with Crippen molar-refractivity contribution in [3.05, 3.63) is 59.8 Å². The number of pyridine rings is 1. The maximum absolute atomic E-state index is 13.2. The van der Waals surface area contributed by atoms with E-state index in [4.69, 9.17) is 4.74 Å². The van der Waals surface area contributed by atoms with E-state index >= 15 is 0 Å². The van der Waals surface area contributed by atoms with E-state index in [1.54, 1.807) is 58.0 Å². The summed E-state index contributed by atoms with van der Waals surface area (Å²) in [5, 5.41) is 0. The number of para-hydroxylation sites is 1. The van der Waals surface area contributed by atoms with Crippen molar-refractivity contribution >= 4 is 33.5 Å². The van der Waals surface area contributed by atoms with Crippen LogP contribution in [0.25, 0.3) is 0 Å². The molecule has 10 heteroatoms. The Morgan fingerprint density at radius 3 is 2.43 bits per heavy atom. The van der Waals surface area contributed by atoms with Gasteiger partial charge < -0.3 is 9.64 Å². The van der Waals surface area contributed by atoms with Crippen molar-refractivity contribution < 1.29 is 22.7 Å². The van der Waals surface area contributed by atoms with Crippen LogP contribution in [0, 0.1) is 0 Å². The van der Waals surface area contributed by atoms with Gasteiger partial charge in [0, 0.05) is 31.4 Å². The lowest BCUT2D eigenvalue weighted by molar-refractivity contribution is -0.114. The van der Waals surface area contributed by atoms with Crippen LogP contribution in [-0.4, -0.2) is 62.1 Å². The first kappa shape index (κ1) is 24.7. The maximum atomic E-state index is 13.2. The Balaban J connectivity index is 1.49. The minimum atomic E-state index is -3.81. The van der Waals surface area contributed by atoms with Gasteiger partial charge in [-0.25, -0.2) is 18.2 Å². The molecular formula is C25H30N4O5S. The van der Waals surface area contributed by atoms with Gasteiger partial charge in [0.05, 0.1) is 12.2 Å². The molecule has 0 radical (unpaired) electrons. The highest BCUT2D eigenvalue weighted by Crippen LogP contribution is 2.31. The molecule has 0 saturated carbocycles. The Kier molecular flexibility index (Phi) is 6.59. The van der Waals surface area contributed by atoms with Crippen LogP contribution in [0.1, 0.15) is 34.1 Å². The number of ether oxygens (including phenoxy) is 1. The van der Waals surface area contributed by atoms with Crippen LogP contribution in [0.15, 0.2) is 64.7 Å². The summed E-state index contributed by atoms with van der Waals surface area (Å²) >= 11 is 0. The fraction of sp³-hybridized carbons (Fsp3) is 0.400. The summed E-state index contributed by atoms with van der Waals surface area (Å²) in [4.78, 5) is 33.0. The molecule has 2 aromatic rings. The number of rotatable bonds is 5. The monoisotopic (exact) mass is 498 g/mol. The van der Waals surface area contributed by atoms with E-state index in [1.807, 2.05) is 6.07 Å². The average molecular weight is 499 g/mol. The molecule has 0 atom stereocenters. The van der Waals surface area contributed by atoms with Crippen LogP contribution < -0.4 is 9.21 Å². The zero-order valence-corrected chi connectivity index (χ0v) is 21.2. The average Bonchev–Trinajstić information content (AvgIpc) is 3.15. The SMILES string of the molecule is CCN(c1ccccc1)S(=O)(=O)c1ccc(N2CC3=C(CN(C(=O)OC(C)(C)C)CC3)C2=O)nc1. The molecule has 4 rings (SSSR count). The van der Waals surface area contributed by atoms with E-state index in [-0.39, 0.29) is 23.9 Å². The highest BCUT2D eigenvalue weighted by atomic mass is 32.2. The molecule has 9 nitrogen and oxygen atoms in total. The molecule has 35 heavy (non-hydrogen) atoms. The summed E-state index contributed by atoms with van der Waals surface area (Å²) in [6.45, 7) is 8.49. The predicted octanol–water partition coefficient (Wildman–Crippen LogP) is 3.58. The second kappa shape index (κ2) is 9.33. The number of hydrogen-bond donors (Lipinski definition) is 0. The fourth-order valence-corrected chi connectivity index (χ4v) is 5.61. The Hall–Kier alpha value is -3.40. The highest BCUT2D eigenvalue weighted by Gasteiger charge is 2.37. The second-order valence-corrected chi connectivity index (χ2v) is 11.3. The number of aromatic nitrogens is 1. The number of carbonyl (C=O) groups excluding carboxylic acids is 2. The van der Waals surface area contributed by atoms with Crippen LogP contribution >= 0.6 is 0 Å². The number of carbonyl (C=O) groups is 2. The number of amides is 2. The molecule has 0 aliphatic carbocycles. The van der Waals surface area contributed by atoms with E-state index < -0.39 is 21.7 Å². The molecule has 0 saturated heterocycles. The van der Waals surface area contributed by atoms with E-state index in [9.17, 15) is 18.0 Å². The lowest BCUT2D eigenvalue weighted by Crippen LogP contribution is -2.41. The number of anilines is 2. The molecule has 2 aliphatic rings. The molecule has 2 aliphatic heterocycles. The normalized spacial score (nSPS) is 16.4. The zero-order chi connectivity index (χ0) is 25.4. The van der Waals surface area contributed by atoms with E-state index in [0.29, 0.717) is 36.6 Å². The van der Waals surface area contributed by atoms with Crippen molar-refractivity contribution in [2.75, 3.05) is 35.4 Å². The van der Waals surface area contributed by atoms with E-state index in [2.05, 4.69) is 4.98 Å². The largest absolute Gasteiger partial charge is 0.444 e. The van der Waals surface area contributed by atoms with Gasteiger partial charge in [0.2, 0.25) is 0 Å². The van der Waals surface area contributed by atoms with Gasteiger partial charge in [0.1, 0.15) is 16.3 Å². The third-order valence-electron chi connectivity index (χ3n) is 5.88. The Labute approximate surface area is 206 Å². The molecule has 0 unspecified atom stereocenters. The summed E-state index contributed by atoms with van der Waals surface area (Å²) < 4.78 is 33.2. The molecule has 0 N–H and O–H groups in total. The summed E-state index contributed by atoms with van der Waals surface area (Å²) in [7, 11) is -3.81. The van der Waals surface area contributed by atoms with Gasteiger partial charge in [-0.15, -0.1) is 0 Å². The van der Waals surface area contributed by atoms with Gasteiger partial charge in [-0.1, -0.05) is 18.2 Å². The fourth-order valence-electron chi connectivity index (χ4n) is 4.19. The first-order valence-electron chi connectivity index (χ1n) is 11.6. The quantitative estimate of drug-likeness (QED) is 0.625. The Bertz CT molecular complexity index is 1250. The van der Waals surface area contributed by atoms with Gasteiger partial charge in [0.15, 0.2) is 0 Å². The summed E-state index contributed by atoms with van der Waals surface area (Å²) in [6, 6.07) is 11.9. The van der Waals surface area contributed by atoms with Crippen molar-refractivity contribution in [1.29, 1.82) is 0 Å². The Morgan fingerprint density at radius 1 is 1.11 bits per heavy atom. The van der Waals surface area contributed by atoms with E-state index in [0.717, 1.165) is 5.57 Å². The highest BCUT2D eigenvalue weighted by molar-refractivity contribution is 7.92. The van der Waals surface area contributed by atoms with Crippen LogP contribution in [0.4, 0.5) is 16.3 Å². The molecule has 1 aromatic carbocycles. The first-order valence-corrected chi connectivity index (χ1v) is 13.0. The molecule has 2 amide bonds. The number of benzene rings is 1. The van der Waals surface area contributed by atoms with E-state index in [1.165, 1.54) is 26.4 Å². The predicted molar refractivity (Wildman–Crippen MR) is 133 cm³/mol. The van der Waals surface area contributed by atoms with Gasteiger partial charge in [0.25, 0.3) is 15.9 Å². The molecule has 0 bridgehead atoms. The third-order valence-corrected chi connectivity index (χ3v) is 7.77. The first-order chi connectivity index (χ1) is 16.5. The van der Waals surface area contributed by atoms with Crippen LogP contribution in [0.5, 0.6) is 0 Å². The molecule has 3 heterocycles. The molecule has 0 fully saturated rings. The van der Waals surface area contributed by atoms with Crippen LogP contribution in [-0.2, 0) is 19.6 Å². The van der Waals surface area contributed by atoms with Gasteiger partial charge in [-0.05, 0) is 64.0 Å².